The zero-order valence-corrected chi connectivity index (χ0v) is 11.8. The number of rotatable bonds is 2. The summed E-state index contributed by atoms with van der Waals surface area (Å²) in [4.78, 5) is 29.2. The first-order chi connectivity index (χ1) is 10.6. The fourth-order valence-corrected chi connectivity index (χ4v) is 3.19. The van der Waals surface area contributed by atoms with Crippen LogP contribution in [0.15, 0.2) is 42.6 Å². The molecule has 1 aliphatic carbocycles. The lowest BCUT2D eigenvalue weighted by Crippen LogP contribution is -2.31. The summed E-state index contributed by atoms with van der Waals surface area (Å²) in [6.07, 6.45) is 3.57. The predicted octanol–water partition coefficient (Wildman–Crippen LogP) is 2.47. The fourth-order valence-electron chi connectivity index (χ4n) is 3.19. The summed E-state index contributed by atoms with van der Waals surface area (Å²) in [7, 11) is 0. The van der Waals surface area contributed by atoms with E-state index < -0.39 is 5.97 Å². The molecule has 1 N–H and O–H groups in total. The first-order valence-corrected chi connectivity index (χ1v) is 7.21. The number of para-hydroxylation sites is 1. The van der Waals surface area contributed by atoms with Gasteiger partial charge in [0.2, 0.25) is 0 Å². The van der Waals surface area contributed by atoms with Gasteiger partial charge in [-0.05, 0) is 36.6 Å². The molecule has 2 aliphatic rings. The monoisotopic (exact) mass is 294 g/mol. The Morgan fingerprint density at radius 2 is 1.91 bits per heavy atom. The van der Waals surface area contributed by atoms with Gasteiger partial charge in [-0.3, -0.25) is 4.79 Å². The number of fused-ring (bicyclic) bond motifs is 2. The summed E-state index contributed by atoms with van der Waals surface area (Å²) in [5.41, 5.74) is 2.71. The highest BCUT2D eigenvalue weighted by Crippen LogP contribution is 2.56. The molecule has 0 bridgehead atoms. The second-order valence-corrected chi connectivity index (χ2v) is 5.93. The Morgan fingerprint density at radius 3 is 2.55 bits per heavy atom. The summed E-state index contributed by atoms with van der Waals surface area (Å²) in [5, 5.41) is 8.88. The average molecular weight is 294 g/mol. The molecule has 0 saturated heterocycles. The van der Waals surface area contributed by atoms with E-state index in [0.717, 1.165) is 18.5 Å². The molecule has 2 aromatic rings. The highest BCUT2D eigenvalue weighted by molar-refractivity contribution is 6.08. The highest BCUT2D eigenvalue weighted by atomic mass is 16.4. The van der Waals surface area contributed by atoms with Gasteiger partial charge in [-0.2, -0.15) is 0 Å². The average Bonchev–Trinajstić information content (AvgIpc) is 3.25. The molecular formula is C17H14N2O3. The summed E-state index contributed by atoms with van der Waals surface area (Å²) in [6, 6.07) is 10.9. The first kappa shape index (κ1) is 13.0. The van der Waals surface area contributed by atoms with Crippen LogP contribution < -0.4 is 4.90 Å². The van der Waals surface area contributed by atoms with Gasteiger partial charge in [-0.25, -0.2) is 9.78 Å². The lowest BCUT2D eigenvalue weighted by atomic mass is 9.99. The molecule has 1 aromatic carbocycles. The maximum Gasteiger partial charge on any atom is 0.354 e. The molecule has 1 fully saturated rings. The molecule has 5 nitrogen and oxygen atoms in total. The third kappa shape index (κ3) is 1.82. The summed E-state index contributed by atoms with van der Waals surface area (Å²) in [6.45, 7) is 0.700. The van der Waals surface area contributed by atoms with Gasteiger partial charge < -0.3 is 10.0 Å². The topological polar surface area (TPSA) is 70.5 Å². The van der Waals surface area contributed by atoms with Crippen LogP contribution >= 0.6 is 0 Å². The Hall–Kier alpha value is -2.69. The van der Waals surface area contributed by atoms with Crippen molar-refractivity contribution in [3.8, 4) is 0 Å². The van der Waals surface area contributed by atoms with Crippen molar-refractivity contribution in [2.45, 2.75) is 18.3 Å². The van der Waals surface area contributed by atoms with Gasteiger partial charge in [-0.1, -0.05) is 18.2 Å². The number of pyridine rings is 1. The second kappa shape index (κ2) is 4.40. The van der Waals surface area contributed by atoms with E-state index in [1.165, 1.54) is 23.9 Å². The largest absolute Gasteiger partial charge is 0.477 e. The van der Waals surface area contributed by atoms with Crippen LogP contribution in [0, 0.1) is 0 Å². The number of benzene rings is 1. The van der Waals surface area contributed by atoms with E-state index in [1.54, 1.807) is 4.90 Å². The summed E-state index contributed by atoms with van der Waals surface area (Å²) < 4.78 is 0. The number of anilines is 1. The molecule has 1 spiro atoms. The number of carbonyl (C=O) groups excluding carboxylic acids is 1. The number of hydrogen-bond acceptors (Lipinski definition) is 3. The molecule has 1 amide bonds. The normalized spacial score (nSPS) is 17.4. The Labute approximate surface area is 127 Å². The number of hydrogen-bond donors (Lipinski definition) is 1. The van der Waals surface area contributed by atoms with Crippen LogP contribution in [0.25, 0.3) is 0 Å². The van der Waals surface area contributed by atoms with Crippen molar-refractivity contribution in [1.29, 1.82) is 0 Å². The van der Waals surface area contributed by atoms with Crippen LogP contribution in [0.5, 0.6) is 0 Å². The van der Waals surface area contributed by atoms with Crippen LogP contribution in [0.1, 0.15) is 39.3 Å². The van der Waals surface area contributed by atoms with Gasteiger partial charge in [0, 0.05) is 23.8 Å². The molecule has 0 unspecified atom stereocenters. The van der Waals surface area contributed by atoms with Crippen molar-refractivity contribution in [3.63, 3.8) is 0 Å². The second-order valence-electron chi connectivity index (χ2n) is 5.93. The third-order valence-corrected chi connectivity index (χ3v) is 4.56. The predicted molar refractivity (Wildman–Crippen MR) is 80.2 cm³/mol. The Bertz CT molecular complexity index is 779. The van der Waals surface area contributed by atoms with E-state index in [0.29, 0.717) is 12.1 Å². The maximum absolute atomic E-state index is 12.7. The van der Waals surface area contributed by atoms with Crippen molar-refractivity contribution in [2.75, 3.05) is 11.4 Å². The molecular weight excluding hydrogens is 280 g/mol. The number of aromatic carboxylic acids is 1. The summed E-state index contributed by atoms with van der Waals surface area (Å²) in [5.74, 6) is -1.22. The zero-order valence-electron chi connectivity index (χ0n) is 11.8. The molecule has 0 radical (unpaired) electrons. The van der Waals surface area contributed by atoms with Gasteiger partial charge in [0.05, 0.1) is 5.56 Å². The molecule has 1 saturated carbocycles. The van der Waals surface area contributed by atoms with E-state index >= 15 is 0 Å². The van der Waals surface area contributed by atoms with E-state index in [-0.39, 0.29) is 17.0 Å². The van der Waals surface area contributed by atoms with E-state index in [2.05, 4.69) is 11.1 Å². The van der Waals surface area contributed by atoms with Gasteiger partial charge >= 0.3 is 5.97 Å². The molecule has 5 heteroatoms. The van der Waals surface area contributed by atoms with Crippen LogP contribution in [0.4, 0.5) is 5.69 Å². The molecule has 4 rings (SSSR count). The lowest BCUT2D eigenvalue weighted by molar-refractivity contribution is 0.0690. The standard InChI is InChI=1S/C17H14N2O3/c20-15(11-5-6-13(16(21)22)18-9-11)19-10-17(7-8-17)12-3-1-2-4-14(12)19/h1-6,9H,7-8,10H2,(H,21,22). The fraction of sp³-hybridized carbons (Fsp3) is 0.235. The molecule has 22 heavy (non-hydrogen) atoms. The third-order valence-electron chi connectivity index (χ3n) is 4.56. The van der Waals surface area contributed by atoms with Crippen molar-refractivity contribution in [2.24, 2.45) is 0 Å². The molecule has 0 atom stereocenters. The van der Waals surface area contributed by atoms with Gasteiger partial charge in [-0.15, -0.1) is 0 Å². The number of amides is 1. The van der Waals surface area contributed by atoms with Gasteiger partial charge in [0.15, 0.2) is 0 Å². The maximum atomic E-state index is 12.7. The van der Waals surface area contributed by atoms with Crippen molar-refractivity contribution in [1.82, 2.24) is 4.98 Å². The van der Waals surface area contributed by atoms with Crippen LogP contribution in [-0.2, 0) is 5.41 Å². The van der Waals surface area contributed by atoms with E-state index in [4.69, 9.17) is 5.11 Å². The van der Waals surface area contributed by atoms with Crippen LogP contribution in [0.3, 0.4) is 0 Å². The van der Waals surface area contributed by atoms with Crippen molar-refractivity contribution in [3.05, 3.63) is 59.4 Å². The molecule has 110 valence electrons. The number of carboxylic acid groups (broad SMARTS) is 1. The van der Waals surface area contributed by atoms with E-state index in [9.17, 15) is 9.59 Å². The van der Waals surface area contributed by atoms with Crippen LogP contribution in [0.2, 0.25) is 0 Å². The van der Waals surface area contributed by atoms with Crippen molar-refractivity contribution >= 4 is 17.6 Å². The number of nitrogens with zero attached hydrogens (tertiary/aromatic N) is 2. The van der Waals surface area contributed by atoms with E-state index in [1.807, 2.05) is 18.2 Å². The minimum Gasteiger partial charge on any atom is -0.477 e. The highest BCUT2D eigenvalue weighted by Gasteiger charge is 2.52. The zero-order chi connectivity index (χ0) is 15.3. The number of aromatic nitrogens is 1. The smallest absolute Gasteiger partial charge is 0.354 e. The molecule has 1 aliphatic heterocycles. The molecule has 2 heterocycles. The quantitative estimate of drug-likeness (QED) is 0.923. The van der Waals surface area contributed by atoms with Gasteiger partial charge in [0.25, 0.3) is 5.91 Å². The number of carboxylic acids is 1. The minimum atomic E-state index is -1.09. The summed E-state index contributed by atoms with van der Waals surface area (Å²) >= 11 is 0. The Morgan fingerprint density at radius 1 is 1.14 bits per heavy atom. The van der Waals surface area contributed by atoms with Crippen molar-refractivity contribution < 1.29 is 14.7 Å². The minimum absolute atomic E-state index is 0.0583. The molecule has 1 aromatic heterocycles. The van der Waals surface area contributed by atoms with Crippen LogP contribution in [-0.4, -0.2) is 28.5 Å². The Balaban J connectivity index is 1.68. The lowest BCUT2D eigenvalue weighted by Gasteiger charge is -2.17. The van der Waals surface area contributed by atoms with Gasteiger partial charge in [0.1, 0.15) is 5.69 Å². The first-order valence-electron chi connectivity index (χ1n) is 7.21. The SMILES string of the molecule is O=C(O)c1ccc(C(=O)N2CC3(CC3)c3ccccc32)cn1. The number of carbonyl (C=O) groups is 2. The Kier molecular flexibility index (Phi) is 2.60.